The van der Waals surface area contributed by atoms with Crippen molar-refractivity contribution in [3.8, 4) is 0 Å². The summed E-state index contributed by atoms with van der Waals surface area (Å²) in [6, 6.07) is 0.830. The lowest BCUT2D eigenvalue weighted by molar-refractivity contribution is 0.0233. The molecule has 2 atom stereocenters. The van der Waals surface area contributed by atoms with Crippen LogP contribution < -0.4 is 16.0 Å². The number of likely N-dealkylation sites (N-methyl/N-ethyl adjacent to an activating group) is 1. The first kappa shape index (κ1) is 21.5. The first-order chi connectivity index (χ1) is 11.7. The molecule has 0 radical (unpaired) electrons. The summed E-state index contributed by atoms with van der Waals surface area (Å²) in [6.45, 7) is 7.96. The van der Waals surface area contributed by atoms with Gasteiger partial charge in [-0.05, 0) is 40.0 Å². The predicted octanol–water partition coefficient (Wildman–Crippen LogP) is 1.12. The van der Waals surface area contributed by atoms with Crippen molar-refractivity contribution in [1.29, 1.82) is 5.41 Å². The highest BCUT2D eigenvalue weighted by Gasteiger charge is 2.24. The van der Waals surface area contributed by atoms with Gasteiger partial charge in [0.2, 0.25) is 0 Å². The third-order valence-electron chi connectivity index (χ3n) is 3.99. The molecule has 0 saturated heterocycles. The summed E-state index contributed by atoms with van der Waals surface area (Å²) in [5, 5.41) is 17.0. The fourth-order valence-corrected chi connectivity index (χ4v) is 2.64. The van der Waals surface area contributed by atoms with Crippen molar-refractivity contribution in [3.63, 3.8) is 0 Å². The van der Waals surface area contributed by atoms with Crippen molar-refractivity contribution >= 4 is 12.1 Å². The van der Waals surface area contributed by atoms with Crippen molar-refractivity contribution < 1.29 is 14.3 Å². The van der Waals surface area contributed by atoms with Crippen LogP contribution in [0, 0.1) is 5.41 Å². The van der Waals surface area contributed by atoms with E-state index in [1.165, 1.54) is 4.90 Å². The third kappa shape index (κ3) is 9.50. The molecule has 1 aliphatic rings. The Balaban J connectivity index is 2.04. The lowest BCUT2D eigenvalue weighted by Crippen LogP contribution is -2.41. The van der Waals surface area contributed by atoms with E-state index < -0.39 is 5.60 Å². The first-order valence-electron chi connectivity index (χ1n) is 8.99. The minimum absolute atomic E-state index is 0.328. The molecule has 1 rings (SSSR count). The smallest absolute Gasteiger partial charge is 0.410 e. The molecule has 1 fully saturated rings. The van der Waals surface area contributed by atoms with Crippen LogP contribution in [0.2, 0.25) is 0 Å². The highest BCUT2D eigenvalue weighted by Crippen LogP contribution is 2.18. The van der Waals surface area contributed by atoms with Crippen molar-refractivity contribution in [2.45, 2.75) is 57.7 Å². The maximum Gasteiger partial charge on any atom is 0.410 e. The summed E-state index contributed by atoms with van der Waals surface area (Å²) in [7, 11) is 3.46. The zero-order chi connectivity index (χ0) is 18.9. The average Bonchev–Trinajstić information content (AvgIpc) is 2.95. The number of guanidine groups is 1. The molecule has 8 heteroatoms. The lowest BCUT2D eigenvalue weighted by Gasteiger charge is -2.24. The van der Waals surface area contributed by atoms with Crippen LogP contribution in [-0.4, -0.2) is 75.0 Å². The van der Waals surface area contributed by atoms with Gasteiger partial charge >= 0.3 is 6.09 Å². The molecule has 0 unspecified atom stereocenters. The fourth-order valence-electron chi connectivity index (χ4n) is 2.64. The van der Waals surface area contributed by atoms with Crippen LogP contribution in [0.25, 0.3) is 0 Å². The number of amides is 1. The molecule has 0 bridgehead atoms. The molecule has 0 aromatic rings. The van der Waals surface area contributed by atoms with Gasteiger partial charge in [-0.2, -0.15) is 0 Å². The highest BCUT2D eigenvalue weighted by molar-refractivity contribution is 5.76. The summed E-state index contributed by atoms with van der Waals surface area (Å²) in [5.41, 5.74) is -0.476. The average molecular weight is 357 g/mol. The number of carbonyl (C=O) groups excluding carboxylic acids is 1. The molecule has 0 aromatic heterocycles. The van der Waals surface area contributed by atoms with Crippen molar-refractivity contribution in [2.75, 3.05) is 40.4 Å². The van der Waals surface area contributed by atoms with Gasteiger partial charge < -0.3 is 30.3 Å². The standard InChI is InChI=1S/C17H35N5O3/c1-17(2,3)25-16(23)22(5)9-11-24-10-8-20-13-6-7-14(12-13)21-15(18)19-4/h13-14,20H,6-12H2,1-5H3,(H3,18,19,21)/t13-,14-/m0/s1. The minimum atomic E-state index is -0.476. The molecule has 1 saturated carbocycles. The topological polar surface area (TPSA) is 98.7 Å². The number of nitrogens with zero attached hydrogens (tertiary/aromatic N) is 1. The SMILES string of the molecule is CNC(=N)N[C@H]1CC[C@H](NCCOCCN(C)C(=O)OC(C)(C)C)C1. The van der Waals surface area contributed by atoms with E-state index in [9.17, 15) is 4.79 Å². The third-order valence-corrected chi connectivity index (χ3v) is 3.99. The van der Waals surface area contributed by atoms with Gasteiger partial charge in [-0.3, -0.25) is 5.41 Å². The molecule has 4 N–H and O–H groups in total. The molecule has 0 aliphatic heterocycles. The highest BCUT2D eigenvalue weighted by atomic mass is 16.6. The number of carbonyl (C=O) groups is 1. The molecular weight excluding hydrogens is 322 g/mol. The molecule has 146 valence electrons. The Hall–Kier alpha value is -1.54. The Labute approximate surface area is 151 Å². The second-order valence-corrected chi connectivity index (χ2v) is 7.44. The lowest BCUT2D eigenvalue weighted by atomic mass is 10.2. The van der Waals surface area contributed by atoms with Gasteiger partial charge in [-0.1, -0.05) is 0 Å². The van der Waals surface area contributed by atoms with Gasteiger partial charge in [0.05, 0.1) is 13.2 Å². The largest absolute Gasteiger partial charge is 0.444 e. The zero-order valence-corrected chi connectivity index (χ0v) is 16.3. The van der Waals surface area contributed by atoms with Crippen LogP contribution >= 0.6 is 0 Å². The summed E-state index contributed by atoms with van der Waals surface area (Å²) in [6.07, 6.45) is 2.87. The number of nitrogens with one attached hydrogen (secondary N) is 4. The van der Waals surface area contributed by atoms with E-state index >= 15 is 0 Å². The number of hydrogen-bond acceptors (Lipinski definition) is 5. The summed E-state index contributed by atoms with van der Waals surface area (Å²) in [5.74, 6) is 0.378. The Kier molecular flexibility index (Phi) is 8.99. The summed E-state index contributed by atoms with van der Waals surface area (Å²) < 4.78 is 10.9. The van der Waals surface area contributed by atoms with E-state index in [1.54, 1.807) is 14.1 Å². The van der Waals surface area contributed by atoms with Crippen LogP contribution in [0.5, 0.6) is 0 Å². The Morgan fingerprint density at radius 1 is 1.24 bits per heavy atom. The Morgan fingerprint density at radius 2 is 1.92 bits per heavy atom. The Morgan fingerprint density at radius 3 is 2.56 bits per heavy atom. The molecule has 0 heterocycles. The van der Waals surface area contributed by atoms with Gasteiger partial charge in [0.25, 0.3) is 0 Å². The quantitative estimate of drug-likeness (QED) is 0.295. The van der Waals surface area contributed by atoms with Gasteiger partial charge in [0.15, 0.2) is 5.96 Å². The number of rotatable bonds is 8. The van der Waals surface area contributed by atoms with Gasteiger partial charge in [0, 0.05) is 39.3 Å². The van der Waals surface area contributed by atoms with Gasteiger partial charge in [0.1, 0.15) is 5.60 Å². The monoisotopic (exact) mass is 357 g/mol. The van der Waals surface area contributed by atoms with E-state index in [0.717, 1.165) is 25.8 Å². The minimum Gasteiger partial charge on any atom is -0.444 e. The number of ether oxygens (including phenoxy) is 2. The van der Waals surface area contributed by atoms with Gasteiger partial charge in [-0.15, -0.1) is 0 Å². The van der Waals surface area contributed by atoms with Crippen molar-refractivity contribution in [1.82, 2.24) is 20.9 Å². The Bertz CT molecular complexity index is 425. The van der Waals surface area contributed by atoms with E-state index in [4.69, 9.17) is 14.9 Å². The van der Waals surface area contributed by atoms with Crippen molar-refractivity contribution in [3.05, 3.63) is 0 Å². The number of hydrogen-bond donors (Lipinski definition) is 4. The molecule has 0 spiro atoms. The van der Waals surface area contributed by atoms with Crippen LogP contribution in [0.4, 0.5) is 4.79 Å². The van der Waals surface area contributed by atoms with Crippen LogP contribution in [0.1, 0.15) is 40.0 Å². The molecule has 0 aromatic carbocycles. The maximum absolute atomic E-state index is 11.8. The van der Waals surface area contributed by atoms with Crippen LogP contribution in [-0.2, 0) is 9.47 Å². The van der Waals surface area contributed by atoms with E-state index in [1.807, 2.05) is 20.8 Å². The van der Waals surface area contributed by atoms with Crippen LogP contribution in [0.15, 0.2) is 0 Å². The van der Waals surface area contributed by atoms with E-state index in [2.05, 4.69) is 16.0 Å². The van der Waals surface area contributed by atoms with Crippen molar-refractivity contribution in [2.24, 2.45) is 0 Å². The summed E-state index contributed by atoms with van der Waals surface area (Å²) in [4.78, 5) is 13.3. The predicted molar refractivity (Wildman–Crippen MR) is 99.0 cm³/mol. The molecule has 1 aliphatic carbocycles. The van der Waals surface area contributed by atoms with E-state index in [0.29, 0.717) is 37.8 Å². The zero-order valence-electron chi connectivity index (χ0n) is 16.3. The first-order valence-corrected chi connectivity index (χ1v) is 8.99. The molecular formula is C17H35N5O3. The maximum atomic E-state index is 11.8. The fraction of sp³-hybridized carbons (Fsp3) is 0.882. The normalized spacial score (nSPS) is 20.2. The second-order valence-electron chi connectivity index (χ2n) is 7.44. The van der Waals surface area contributed by atoms with E-state index in [-0.39, 0.29) is 6.09 Å². The second kappa shape index (κ2) is 10.5. The molecule has 25 heavy (non-hydrogen) atoms. The summed E-state index contributed by atoms with van der Waals surface area (Å²) >= 11 is 0. The van der Waals surface area contributed by atoms with Crippen LogP contribution in [0.3, 0.4) is 0 Å². The van der Waals surface area contributed by atoms with Gasteiger partial charge in [-0.25, -0.2) is 4.79 Å². The molecule has 1 amide bonds. The molecule has 8 nitrogen and oxygen atoms in total.